The number of halogens is 1. The van der Waals surface area contributed by atoms with Crippen molar-refractivity contribution in [2.45, 2.75) is 25.3 Å². The molecule has 19 heavy (non-hydrogen) atoms. The van der Waals surface area contributed by atoms with Gasteiger partial charge >= 0.3 is 0 Å². The first-order valence-electron chi connectivity index (χ1n) is 6.89. The Hall–Kier alpha value is -1.06. The predicted molar refractivity (Wildman–Crippen MR) is 76.0 cm³/mol. The van der Waals surface area contributed by atoms with Crippen LogP contribution in [0, 0.1) is 11.8 Å². The Morgan fingerprint density at radius 1 is 1.47 bits per heavy atom. The third kappa shape index (κ3) is 2.49. The first-order valence-corrected chi connectivity index (χ1v) is 7.27. The zero-order chi connectivity index (χ0) is 13.5. The lowest BCUT2D eigenvalue weighted by atomic mass is 9.88. The summed E-state index contributed by atoms with van der Waals surface area (Å²) < 4.78 is 0. The lowest BCUT2D eigenvalue weighted by molar-refractivity contribution is -0.127. The molecule has 1 amide bonds. The van der Waals surface area contributed by atoms with E-state index in [0.29, 0.717) is 5.92 Å². The smallest absolute Gasteiger partial charge is 0.223 e. The molecular weight excluding hydrogens is 260 g/mol. The minimum absolute atomic E-state index is 0.0814. The Morgan fingerprint density at radius 2 is 2.21 bits per heavy atom. The van der Waals surface area contributed by atoms with Crippen molar-refractivity contribution in [3.63, 3.8) is 0 Å². The van der Waals surface area contributed by atoms with E-state index in [1.54, 1.807) is 0 Å². The second kappa shape index (κ2) is 4.80. The Balaban J connectivity index is 1.70. The molecule has 1 unspecified atom stereocenters. The van der Waals surface area contributed by atoms with Gasteiger partial charge < -0.3 is 10.6 Å². The van der Waals surface area contributed by atoms with Crippen LogP contribution in [-0.2, 0) is 10.3 Å². The van der Waals surface area contributed by atoms with Crippen molar-refractivity contribution in [2.24, 2.45) is 11.8 Å². The number of hydrogen-bond acceptors (Lipinski definition) is 2. The molecule has 1 saturated carbocycles. The normalized spacial score (nSPS) is 22.4. The van der Waals surface area contributed by atoms with E-state index in [1.807, 2.05) is 25.1 Å². The molecule has 1 heterocycles. The van der Waals surface area contributed by atoms with Gasteiger partial charge in [-0.2, -0.15) is 0 Å². The number of amides is 1. The first-order chi connectivity index (χ1) is 9.11. The van der Waals surface area contributed by atoms with Crippen LogP contribution in [0.2, 0.25) is 5.02 Å². The molecule has 102 valence electrons. The minimum atomic E-state index is -0.159. The van der Waals surface area contributed by atoms with E-state index in [4.69, 9.17) is 11.6 Å². The number of benzene rings is 1. The molecule has 1 saturated heterocycles. The molecule has 2 N–H and O–H groups in total. The Bertz CT molecular complexity index is 495. The fourth-order valence-electron chi connectivity index (χ4n) is 2.63. The molecule has 1 aliphatic carbocycles. The molecule has 0 aromatic heterocycles. The van der Waals surface area contributed by atoms with Gasteiger partial charge in [0.25, 0.3) is 0 Å². The van der Waals surface area contributed by atoms with Crippen molar-refractivity contribution in [2.75, 3.05) is 13.1 Å². The van der Waals surface area contributed by atoms with Gasteiger partial charge in [0.05, 0.1) is 5.54 Å². The van der Waals surface area contributed by atoms with Gasteiger partial charge in [0, 0.05) is 10.9 Å². The molecule has 2 fully saturated rings. The third-order valence-corrected chi connectivity index (χ3v) is 4.66. The highest BCUT2D eigenvalue weighted by Gasteiger charge is 2.46. The van der Waals surface area contributed by atoms with Crippen LogP contribution in [0.15, 0.2) is 24.3 Å². The summed E-state index contributed by atoms with van der Waals surface area (Å²) in [4.78, 5) is 12.3. The summed E-state index contributed by atoms with van der Waals surface area (Å²) in [5.41, 5.74) is 0.972. The average molecular weight is 279 g/mol. The van der Waals surface area contributed by atoms with E-state index >= 15 is 0 Å². The standard InChI is InChI=1S/C15H19ClN2O/c1-10(11-8-17-9-11)14(19)18-15(5-6-15)12-3-2-4-13(16)7-12/h2-4,7,10-11,17H,5-6,8-9H2,1H3,(H,18,19). The summed E-state index contributed by atoms with van der Waals surface area (Å²) >= 11 is 6.04. The van der Waals surface area contributed by atoms with Crippen LogP contribution in [0.4, 0.5) is 0 Å². The summed E-state index contributed by atoms with van der Waals surface area (Å²) in [6.45, 7) is 3.94. The summed E-state index contributed by atoms with van der Waals surface area (Å²) in [7, 11) is 0. The molecule has 3 rings (SSSR count). The SMILES string of the molecule is CC(C(=O)NC1(c2cccc(Cl)c2)CC1)C1CNC1. The highest BCUT2D eigenvalue weighted by atomic mass is 35.5. The molecule has 2 aliphatic rings. The van der Waals surface area contributed by atoms with Crippen molar-refractivity contribution >= 4 is 17.5 Å². The summed E-state index contributed by atoms with van der Waals surface area (Å²) in [5, 5.41) is 7.18. The Morgan fingerprint density at radius 3 is 2.74 bits per heavy atom. The number of hydrogen-bond donors (Lipinski definition) is 2. The van der Waals surface area contributed by atoms with Crippen molar-refractivity contribution < 1.29 is 4.79 Å². The van der Waals surface area contributed by atoms with E-state index in [-0.39, 0.29) is 17.4 Å². The zero-order valence-corrected chi connectivity index (χ0v) is 11.8. The van der Waals surface area contributed by atoms with E-state index in [2.05, 4.69) is 16.7 Å². The highest BCUT2D eigenvalue weighted by molar-refractivity contribution is 6.30. The maximum atomic E-state index is 12.3. The van der Waals surface area contributed by atoms with Crippen LogP contribution in [0.3, 0.4) is 0 Å². The maximum absolute atomic E-state index is 12.3. The van der Waals surface area contributed by atoms with Crippen LogP contribution < -0.4 is 10.6 Å². The van der Waals surface area contributed by atoms with Crippen molar-refractivity contribution in [1.29, 1.82) is 0 Å². The molecule has 0 radical (unpaired) electrons. The topological polar surface area (TPSA) is 41.1 Å². The van der Waals surface area contributed by atoms with Crippen LogP contribution in [0.25, 0.3) is 0 Å². The van der Waals surface area contributed by atoms with Crippen molar-refractivity contribution in [3.05, 3.63) is 34.9 Å². The minimum Gasteiger partial charge on any atom is -0.346 e. The second-order valence-corrected chi connectivity index (χ2v) is 6.23. The Kier molecular flexibility index (Phi) is 3.27. The molecule has 0 spiro atoms. The number of nitrogens with one attached hydrogen (secondary N) is 2. The highest BCUT2D eigenvalue weighted by Crippen LogP contribution is 2.46. The van der Waals surface area contributed by atoms with Crippen LogP contribution in [0.1, 0.15) is 25.3 Å². The summed E-state index contributed by atoms with van der Waals surface area (Å²) in [5.74, 6) is 0.733. The Labute approximate surface area is 118 Å². The van der Waals surface area contributed by atoms with E-state index < -0.39 is 0 Å². The molecule has 1 aromatic rings. The van der Waals surface area contributed by atoms with Crippen LogP contribution >= 0.6 is 11.6 Å². The third-order valence-electron chi connectivity index (χ3n) is 4.42. The molecule has 1 aliphatic heterocycles. The molecule has 1 aromatic carbocycles. The van der Waals surface area contributed by atoms with Gasteiger partial charge in [-0.3, -0.25) is 4.79 Å². The summed E-state index contributed by atoms with van der Waals surface area (Å²) in [6.07, 6.45) is 2.02. The quantitative estimate of drug-likeness (QED) is 0.887. The van der Waals surface area contributed by atoms with Gasteiger partial charge in [0.15, 0.2) is 0 Å². The molecule has 4 heteroatoms. The number of carbonyl (C=O) groups excluding carboxylic acids is 1. The maximum Gasteiger partial charge on any atom is 0.223 e. The van der Waals surface area contributed by atoms with Crippen molar-refractivity contribution in [3.8, 4) is 0 Å². The van der Waals surface area contributed by atoms with Gasteiger partial charge in [-0.1, -0.05) is 30.7 Å². The lowest BCUT2D eigenvalue weighted by Crippen LogP contribution is -2.51. The zero-order valence-electron chi connectivity index (χ0n) is 11.1. The molecule has 0 bridgehead atoms. The fourth-order valence-corrected chi connectivity index (χ4v) is 2.82. The molecule has 1 atom stereocenters. The van der Waals surface area contributed by atoms with Gasteiger partial charge in [0.1, 0.15) is 0 Å². The van der Waals surface area contributed by atoms with Crippen LogP contribution in [0.5, 0.6) is 0 Å². The van der Waals surface area contributed by atoms with Crippen molar-refractivity contribution in [1.82, 2.24) is 10.6 Å². The van der Waals surface area contributed by atoms with Gasteiger partial charge in [-0.15, -0.1) is 0 Å². The summed E-state index contributed by atoms with van der Waals surface area (Å²) in [6, 6.07) is 7.83. The number of rotatable bonds is 4. The van der Waals surface area contributed by atoms with Gasteiger partial charge in [0.2, 0.25) is 5.91 Å². The molecule has 3 nitrogen and oxygen atoms in total. The lowest BCUT2D eigenvalue weighted by Gasteiger charge is -2.33. The van der Waals surface area contributed by atoms with E-state index in [0.717, 1.165) is 36.5 Å². The van der Waals surface area contributed by atoms with Gasteiger partial charge in [-0.05, 0) is 49.5 Å². The fraction of sp³-hybridized carbons (Fsp3) is 0.533. The second-order valence-electron chi connectivity index (χ2n) is 5.79. The number of carbonyl (C=O) groups is 1. The van der Waals surface area contributed by atoms with E-state index in [1.165, 1.54) is 0 Å². The largest absolute Gasteiger partial charge is 0.346 e. The average Bonchev–Trinajstić information content (AvgIpc) is 3.07. The molecular formula is C15H19ClN2O. The van der Waals surface area contributed by atoms with Gasteiger partial charge in [-0.25, -0.2) is 0 Å². The predicted octanol–water partition coefficient (Wildman–Crippen LogP) is 2.30. The van der Waals surface area contributed by atoms with Crippen LogP contribution in [-0.4, -0.2) is 19.0 Å². The first kappa shape index (κ1) is 12.9. The van der Waals surface area contributed by atoms with E-state index in [9.17, 15) is 4.79 Å². The monoisotopic (exact) mass is 278 g/mol.